The molecule has 0 aliphatic heterocycles. The maximum atomic E-state index is 12.8. The number of benzene rings is 2. The highest BCUT2D eigenvalue weighted by molar-refractivity contribution is 7.89. The fourth-order valence-corrected chi connectivity index (χ4v) is 3.58. The number of para-hydroxylation sites is 1. The molecule has 6 heteroatoms. The number of anilines is 1. The molecule has 0 saturated carbocycles. The summed E-state index contributed by atoms with van der Waals surface area (Å²) in [6.07, 6.45) is 0. The summed E-state index contributed by atoms with van der Waals surface area (Å²) in [6.45, 7) is 8.02. The molecule has 0 atom stereocenters. The molecule has 0 radical (unpaired) electrons. The molecule has 140 valence electrons. The molecule has 0 saturated heterocycles. The molecular formula is C20H26N2O3S. The highest BCUT2D eigenvalue weighted by Crippen LogP contribution is 2.30. The van der Waals surface area contributed by atoms with E-state index in [2.05, 4.69) is 26.1 Å². The third kappa shape index (κ3) is 4.14. The predicted molar refractivity (Wildman–Crippen MR) is 105 cm³/mol. The van der Waals surface area contributed by atoms with E-state index in [0.29, 0.717) is 11.1 Å². The van der Waals surface area contributed by atoms with Gasteiger partial charge in [-0.25, -0.2) is 12.7 Å². The van der Waals surface area contributed by atoms with Crippen molar-refractivity contribution >= 4 is 21.6 Å². The summed E-state index contributed by atoms with van der Waals surface area (Å²) in [5.41, 5.74) is 2.67. The normalized spacial score (nSPS) is 12.3. The molecule has 0 unspecified atom stereocenters. The summed E-state index contributed by atoms with van der Waals surface area (Å²) >= 11 is 0. The zero-order valence-corrected chi connectivity index (χ0v) is 16.9. The maximum absolute atomic E-state index is 12.8. The van der Waals surface area contributed by atoms with Crippen LogP contribution in [0.25, 0.3) is 0 Å². The topological polar surface area (TPSA) is 66.5 Å². The predicted octanol–water partition coefficient (Wildman–Crippen LogP) is 3.80. The number of nitrogens with one attached hydrogen (secondary N) is 1. The van der Waals surface area contributed by atoms with E-state index in [0.717, 1.165) is 15.6 Å². The molecule has 2 rings (SSSR count). The minimum absolute atomic E-state index is 0.0994. The van der Waals surface area contributed by atoms with Gasteiger partial charge in [-0.2, -0.15) is 0 Å². The summed E-state index contributed by atoms with van der Waals surface area (Å²) in [4.78, 5) is 12.9. The number of rotatable bonds is 4. The van der Waals surface area contributed by atoms with Gasteiger partial charge in [0, 0.05) is 25.3 Å². The van der Waals surface area contributed by atoms with Gasteiger partial charge in [-0.1, -0.05) is 45.0 Å². The Labute approximate surface area is 156 Å². The van der Waals surface area contributed by atoms with Crippen molar-refractivity contribution in [2.45, 2.75) is 38.0 Å². The van der Waals surface area contributed by atoms with Gasteiger partial charge in [-0.15, -0.1) is 0 Å². The Morgan fingerprint density at radius 3 is 2.23 bits per heavy atom. The molecule has 0 bridgehead atoms. The molecule has 0 fully saturated rings. The zero-order chi connectivity index (χ0) is 19.7. The Morgan fingerprint density at radius 1 is 1.04 bits per heavy atom. The van der Waals surface area contributed by atoms with Crippen LogP contribution in [0.3, 0.4) is 0 Å². The minimum atomic E-state index is -3.60. The quantitative estimate of drug-likeness (QED) is 0.885. The van der Waals surface area contributed by atoms with Gasteiger partial charge in [0.25, 0.3) is 5.91 Å². The van der Waals surface area contributed by atoms with Crippen molar-refractivity contribution in [3.8, 4) is 0 Å². The first kappa shape index (κ1) is 20.1. The van der Waals surface area contributed by atoms with E-state index in [1.54, 1.807) is 13.0 Å². The third-order valence-corrected chi connectivity index (χ3v) is 6.03. The van der Waals surface area contributed by atoms with Gasteiger partial charge in [0.05, 0.1) is 4.90 Å². The van der Waals surface area contributed by atoms with E-state index in [-0.39, 0.29) is 16.2 Å². The molecule has 2 aromatic carbocycles. The Balaban J connectivity index is 2.44. The maximum Gasteiger partial charge on any atom is 0.255 e. The second-order valence-corrected chi connectivity index (χ2v) is 9.67. The Morgan fingerprint density at radius 2 is 1.65 bits per heavy atom. The smallest absolute Gasteiger partial charge is 0.255 e. The van der Waals surface area contributed by atoms with Crippen molar-refractivity contribution in [1.29, 1.82) is 0 Å². The van der Waals surface area contributed by atoms with Crippen LogP contribution < -0.4 is 5.32 Å². The van der Waals surface area contributed by atoms with Crippen molar-refractivity contribution in [1.82, 2.24) is 4.31 Å². The van der Waals surface area contributed by atoms with Gasteiger partial charge >= 0.3 is 0 Å². The molecule has 0 heterocycles. The SMILES string of the molecule is Cc1ccc(S(=O)(=O)N(C)C)cc1C(=O)Nc1ccccc1C(C)(C)C. The van der Waals surface area contributed by atoms with Gasteiger partial charge in [0.2, 0.25) is 10.0 Å². The van der Waals surface area contributed by atoms with Crippen LogP contribution in [-0.4, -0.2) is 32.7 Å². The molecule has 1 N–H and O–H groups in total. The van der Waals surface area contributed by atoms with Crippen LogP contribution in [0.2, 0.25) is 0 Å². The molecule has 0 aliphatic rings. The second-order valence-electron chi connectivity index (χ2n) is 7.51. The van der Waals surface area contributed by atoms with Crippen molar-refractivity contribution in [2.24, 2.45) is 0 Å². The minimum Gasteiger partial charge on any atom is -0.322 e. The lowest BCUT2D eigenvalue weighted by molar-refractivity contribution is 0.102. The molecule has 5 nitrogen and oxygen atoms in total. The fourth-order valence-electron chi connectivity index (χ4n) is 2.65. The molecule has 26 heavy (non-hydrogen) atoms. The van der Waals surface area contributed by atoms with E-state index in [1.807, 2.05) is 24.3 Å². The first-order chi connectivity index (χ1) is 11.9. The van der Waals surface area contributed by atoms with Crippen LogP contribution in [0.1, 0.15) is 42.3 Å². The van der Waals surface area contributed by atoms with Gasteiger partial charge in [-0.05, 0) is 41.7 Å². The largest absolute Gasteiger partial charge is 0.322 e. The van der Waals surface area contributed by atoms with E-state index in [9.17, 15) is 13.2 Å². The second kappa shape index (κ2) is 7.21. The lowest BCUT2D eigenvalue weighted by Gasteiger charge is -2.23. The van der Waals surface area contributed by atoms with E-state index in [4.69, 9.17) is 0 Å². The molecule has 0 aliphatic carbocycles. The van der Waals surface area contributed by atoms with Crippen LogP contribution in [0.4, 0.5) is 5.69 Å². The fraction of sp³-hybridized carbons (Fsp3) is 0.350. The van der Waals surface area contributed by atoms with Crippen molar-refractivity contribution in [3.63, 3.8) is 0 Å². The molecule has 0 spiro atoms. The van der Waals surface area contributed by atoms with E-state index >= 15 is 0 Å². The van der Waals surface area contributed by atoms with Crippen molar-refractivity contribution in [3.05, 3.63) is 59.2 Å². The van der Waals surface area contributed by atoms with Gasteiger partial charge in [0.15, 0.2) is 0 Å². The first-order valence-corrected chi connectivity index (χ1v) is 9.82. The third-order valence-electron chi connectivity index (χ3n) is 4.22. The molecule has 0 aromatic heterocycles. The highest BCUT2D eigenvalue weighted by atomic mass is 32.2. The summed E-state index contributed by atoms with van der Waals surface area (Å²) in [5.74, 6) is -0.324. The van der Waals surface area contributed by atoms with Crippen LogP contribution in [-0.2, 0) is 15.4 Å². The van der Waals surface area contributed by atoms with E-state index in [1.165, 1.54) is 26.2 Å². The first-order valence-electron chi connectivity index (χ1n) is 8.38. The van der Waals surface area contributed by atoms with Crippen LogP contribution in [0.15, 0.2) is 47.4 Å². The number of nitrogens with zero attached hydrogens (tertiary/aromatic N) is 1. The van der Waals surface area contributed by atoms with Crippen molar-refractivity contribution < 1.29 is 13.2 Å². The summed E-state index contributed by atoms with van der Waals surface area (Å²) in [6, 6.07) is 12.2. The van der Waals surface area contributed by atoms with Crippen LogP contribution in [0, 0.1) is 6.92 Å². The van der Waals surface area contributed by atoms with Crippen molar-refractivity contribution in [2.75, 3.05) is 19.4 Å². The van der Waals surface area contributed by atoms with Gasteiger partial charge in [0.1, 0.15) is 0 Å². The average Bonchev–Trinajstić information content (AvgIpc) is 2.54. The number of hydrogen-bond donors (Lipinski definition) is 1. The lowest BCUT2D eigenvalue weighted by Crippen LogP contribution is -2.23. The number of aryl methyl sites for hydroxylation is 1. The van der Waals surface area contributed by atoms with Gasteiger partial charge < -0.3 is 5.32 Å². The highest BCUT2D eigenvalue weighted by Gasteiger charge is 2.22. The average molecular weight is 375 g/mol. The zero-order valence-electron chi connectivity index (χ0n) is 16.1. The van der Waals surface area contributed by atoms with Crippen LogP contribution in [0.5, 0.6) is 0 Å². The van der Waals surface area contributed by atoms with Gasteiger partial charge in [-0.3, -0.25) is 4.79 Å². The molecular weight excluding hydrogens is 348 g/mol. The van der Waals surface area contributed by atoms with E-state index < -0.39 is 10.0 Å². The summed E-state index contributed by atoms with van der Waals surface area (Å²) in [5, 5.41) is 2.93. The Kier molecular flexibility index (Phi) is 5.58. The number of hydrogen-bond acceptors (Lipinski definition) is 3. The molecule has 1 amide bonds. The Bertz CT molecular complexity index is 926. The van der Waals surface area contributed by atoms with Crippen LogP contribution >= 0.6 is 0 Å². The number of amides is 1. The number of carbonyl (C=O) groups excluding carboxylic acids is 1. The summed E-state index contributed by atoms with van der Waals surface area (Å²) in [7, 11) is -0.667. The Hall–Kier alpha value is -2.18. The monoisotopic (exact) mass is 374 g/mol. The number of carbonyl (C=O) groups is 1. The molecule has 2 aromatic rings. The standard InChI is InChI=1S/C20H26N2O3S/c1-14-11-12-15(26(24,25)22(5)6)13-16(14)19(23)21-18-10-8-7-9-17(18)20(2,3)4/h7-13H,1-6H3,(H,21,23). The lowest BCUT2D eigenvalue weighted by atomic mass is 9.86. The number of sulfonamides is 1. The summed E-state index contributed by atoms with van der Waals surface area (Å²) < 4.78 is 25.8.